The maximum atomic E-state index is 12.0. The summed E-state index contributed by atoms with van der Waals surface area (Å²) in [4.78, 5) is 24.6. The third-order valence-corrected chi connectivity index (χ3v) is 3.30. The molecule has 1 aromatic rings. The first kappa shape index (κ1) is 13.5. The molecule has 1 unspecified atom stereocenters. The lowest BCUT2D eigenvalue weighted by Crippen LogP contribution is -2.55. The van der Waals surface area contributed by atoms with E-state index in [1.807, 2.05) is 30.3 Å². The molecule has 2 rings (SSSR count). The third kappa shape index (κ3) is 3.79. The molecule has 2 N–H and O–H groups in total. The average molecular weight is 262 g/mol. The van der Waals surface area contributed by atoms with Crippen LogP contribution >= 0.6 is 0 Å². The summed E-state index contributed by atoms with van der Waals surface area (Å²) < 4.78 is 0. The number of benzene rings is 1. The van der Waals surface area contributed by atoms with Crippen LogP contribution in [0.2, 0.25) is 0 Å². The molecular weight excluding hydrogens is 244 g/mol. The number of nitrogens with one attached hydrogen (secondary N) is 1. The molecule has 0 spiro atoms. The van der Waals surface area contributed by atoms with E-state index in [9.17, 15) is 9.59 Å². The van der Waals surface area contributed by atoms with E-state index >= 15 is 0 Å². The molecule has 0 aromatic heterocycles. The van der Waals surface area contributed by atoms with Crippen molar-refractivity contribution < 1.29 is 14.7 Å². The number of amides is 1. The molecule has 19 heavy (non-hydrogen) atoms. The van der Waals surface area contributed by atoms with Gasteiger partial charge in [0.2, 0.25) is 5.91 Å². The van der Waals surface area contributed by atoms with Gasteiger partial charge in [-0.3, -0.25) is 9.59 Å². The Morgan fingerprint density at radius 3 is 2.74 bits per heavy atom. The highest BCUT2D eigenvalue weighted by Gasteiger charge is 2.27. The van der Waals surface area contributed by atoms with Crippen LogP contribution in [0.1, 0.15) is 12.0 Å². The van der Waals surface area contributed by atoms with E-state index in [1.54, 1.807) is 4.90 Å². The highest BCUT2D eigenvalue weighted by atomic mass is 16.4. The molecule has 5 nitrogen and oxygen atoms in total. The second-order valence-corrected chi connectivity index (χ2v) is 4.67. The van der Waals surface area contributed by atoms with Crippen molar-refractivity contribution in [3.8, 4) is 0 Å². The Kier molecular flexibility index (Phi) is 4.52. The van der Waals surface area contributed by atoms with Gasteiger partial charge in [-0.05, 0) is 12.0 Å². The van der Waals surface area contributed by atoms with Crippen molar-refractivity contribution in [2.75, 3.05) is 19.6 Å². The van der Waals surface area contributed by atoms with Crippen LogP contribution < -0.4 is 5.32 Å². The molecule has 1 amide bonds. The van der Waals surface area contributed by atoms with Gasteiger partial charge in [-0.2, -0.15) is 0 Å². The highest BCUT2D eigenvalue weighted by Crippen LogP contribution is 2.07. The summed E-state index contributed by atoms with van der Waals surface area (Å²) in [6.45, 7) is 1.37. The molecule has 0 aliphatic carbocycles. The SMILES string of the molecule is O=C(O)C1CN(C(=O)CCc2ccccc2)CCN1. The fraction of sp³-hybridized carbons (Fsp3) is 0.429. The third-order valence-electron chi connectivity index (χ3n) is 3.30. The average Bonchev–Trinajstić information content (AvgIpc) is 2.46. The van der Waals surface area contributed by atoms with Gasteiger partial charge in [0.05, 0.1) is 0 Å². The van der Waals surface area contributed by atoms with Crippen LogP contribution in [0.3, 0.4) is 0 Å². The number of carboxylic acids is 1. The van der Waals surface area contributed by atoms with Gasteiger partial charge in [0.1, 0.15) is 6.04 Å². The monoisotopic (exact) mass is 262 g/mol. The van der Waals surface area contributed by atoms with Crippen LogP contribution in [0.15, 0.2) is 30.3 Å². The number of aryl methyl sites for hydroxylation is 1. The van der Waals surface area contributed by atoms with Gasteiger partial charge in [0.15, 0.2) is 0 Å². The van der Waals surface area contributed by atoms with Crippen LogP contribution in [0.25, 0.3) is 0 Å². The molecule has 0 radical (unpaired) electrons. The smallest absolute Gasteiger partial charge is 0.322 e. The minimum Gasteiger partial charge on any atom is -0.480 e. The summed E-state index contributed by atoms with van der Waals surface area (Å²) in [7, 11) is 0. The Balaban J connectivity index is 1.84. The van der Waals surface area contributed by atoms with Crippen LogP contribution in [0.4, 0.5) is 0 Å². The number of aliphatic carboxylic acids is 1. The number of nitrogens with zero attached hydrogens (tertiary/aromatic N) is 1. The second kappa shape index (κ2) is 6.33. The van der Waals surface area contributed by atoms with Crippen LogP contribution in [0, 0.1) is 0 Å². The van der Waals surface area contributed by atoms with E-state index in [1.165, 1.54) is 0 Å². The van der Waals surface area contributed by atoms with Crippen LogP contribution in [-0.4, -0.2) is 47.6 Å². The largest absolute Gasteiger partial charge is 0.480 e. The normalized spacial score (nSPS) is 19.2. The first-order valence-corrected chi connectivity index (χ1v) is 6.44. The summed E-state index contributed by atoms with van der Waals surface area (Å²) >= 11 is 0. The number of rotatable bonds is 4. The summed E-state index contributed by atoms with van der Waals surface area (Å²) in [5, 5.41) is 11.8. The van der Waals surface area contributed by atoms with Crippen LogP contribution in [-0.2, 0) is 16.0 Å². The molecule has 1 heterocycles. The lowest BCUT2D eigenvalue weighted by molar-refractivity contribution is -0.142. The molecule has 1 saturated heterocycles. The molecule has 1 atom stereocenters. The number of carbonyl (C=O) groups excluding carboxylic acids is 1. The van der Waals surface area contributed by atoms with Gasteiger partial charge >= 0.3 is 5.97 Å². The standard InChI is InChI=1S/C14H18N2O3/c17-13(7-6-11-4-2-1-3-5-11)16-9-8-15-12(10-16)14(18)19/h1-5,12,15H,6-10H2,(H,18,19). The molecule has 1 aliphatic heterocycles. The van der Waals surface area contributed by atoms with E-state index < -0.39 is 12.0 Å². The predicted octanol–water partition coefficient (Wildman–Crippen LogP) is 0.504. The van der Waals surface area contributed by atoms with Crippen molar-refractivity contribution >= 4 is 11.9 Å². The number of hydrogen-bond acceptors (Lipinski definition) is 3. The zero-order valence-corrected chi connectivity index (χ0v) is 10.7. The fourth-order valence-corrected chi connectivity index (χ4v) is 2.20. The minimum atomic E-state index is -0.902. The predicted molar refractivity (Wildman–Crippen MR) is 70.8 cm³/mol. The number of piperazine rings is 1. The Bertz CT molecular complexity index is 447. The van der Waals surface area contributed by atoms with Gasteiger partial charge in [0.25, 0.3) is 0 Å². The first-order chi connectivity index (χ1) is 9.16. The number of carboxylic acid groups (broad SMARTS) is 1. The Morgan fingerprint density at radius 2 is 2.05 bits per heavy atom. The van der Waals surface area contributed by atoms with Gasteiger partial charge in [0, 0.05) is 26.1 Å². The zero-order chi connectivity index (χ0) is 13.7. The lowest BCUT2D eigenvalue weighted by Gasteiger charge is -2.31. The summed E-state index contributed by atoms with van der Waals surface area (Å²) in [5.41, 5.74) is 1.13. The minimum absolute atomic E-state index is 0.0246. The summed E-state index contributed by atoms with van der Waals surface area (Å²) in [5.74, 6) is -0.878. The van der Waals surface area contributed by atoms with Crippen molar-refractivity contribution in [1.82, 2.24) is 10.2 Å². The van der Waals surface area contributed by atoms with Crippen molar-refractivity contribution in [2.24, 2.45) is 0 Å². The van der Waals surface area contributed by atoms with Gasteiger partial charge in [-0.15, -0.1) is 0 Å². The van der Waals surface area contributed by atoms with E-state index in [-0.39, 0.29) is 12.5 Å². The van der Waals surface area contributed by atoms with E-state index in [0.717, 1.165) is 5.56 Å². The van der Waals surface area contributed by atoms with Gasteiger partial charge in [-0.1, -0.05) is 30.3 Å². The van der Waals surface area contributed by atoms with Crippen molar-refractivity contribution in [1.29, 1.82) is 0 Å². The molecule has 1 aromatic carbocycles. The molecule has 1 fully saturated rings. The first-order valence-electron chi connectivity index (χ1n) is 6.44. The maximum absolute atomic E-state index is 12.0. The molecular formula is C14H18N2O3. The van der Waals surface area contributed by atoms with E-state index in [2.05, 4.69) is 5.32 Å². The van der Waals surface area contributed by atoms with Gasteiger partial charge in [-0.25, -0.2) is 0 Å². The van der Waals surface area contributed by atoms with Gasteiger partial charge < -0.3 is 15.3 Å². The quantitative estimate of drug-likeness (QED) is 0.829. The lowest BCUT2D eigenvalue weighted by atomic mass is 10.1. The highest BCUT2D eigenvalue weighted by molar-refractivity contribution is 5.79. The van der Waals surface area contributed by atoms with E-state index in [0.29, 0.717) is 25.9 Å². The number of hydrogen-bond donors (Lipinski definition) is 2. The zero-order valence-electron chi connectivity index (χ0n) is 10.7. The topological polar surface area (TPSA) is 69.6 Å². The maximum Gasteiger partial charge on any atom is 0.322 e. The summed E-state index contributed by atoms with van der Waals surface area (Å²) in [6.07, 6.45) is 1.12. The van der Waals surface area contributed by atoms with Crippen molar-refractivity contribution in [3.05, 3.63) is 35.9 Å². The Morgan fingerprint density at radius 1 is 1.32 bits per heavy atom. The number of carbonyl (C=O) groups is 2. The molecule has 1 aliphatic rings. The molecule has 0 bridgehead atoms. The molecule has 0 saturated carbocycles. The fourth-order valence-electron chi connectivity index (χ4n) is 2.20. The Labute approximate surface area is 112 Å². The van der Waals surface area contributed by atoms with Crippen molar-refractivity contribution in [2.45, 2.75) is 18.9 Å². The molecule has 5 heteroatoms. The Hall–Kier alpha value is -1.88. The summed E-state index contributed by atoms with van der Waals surface area (Å²) in [6, 6.07) is 9.18. The van der Waals surface area contributed by atoms with Crippen LogP contribution in [0.5, 0.6) is 0 Å². The second-order valence-electron chi connectivity index (χ2n) is 4.67. The van der Waals surface area contributed by atoms with E-state index in [4.69, 9.17) is 5.11 Å². The van der Waals surface area contributed by atoms with Crippen molar-refractivity contribution in [3.63, 3.8) is 0 Å². The molecule has 102 valence electrons.